The van der Waals surface area contributed by atoms with Crippen molar-refractivity contribution < 1.29 is 4.74 Å². The van der Waals surface area contributed by atoms with E-state index in [2.05, 4.69) is 14.3 Å². The predicted octanol–water partition coefficient (Wildman–Crippen LogP) is 4.40. The molecule has 1 aromatic heterocycles. The molecular formula is C16H19ClN4OS. The van der Waals surface area contributed by atoms with Gasteiger partial charge in [0.25, 0.3) is 5.19 Å². The quantitative estimate of drug-likeness (QED) is 0.455. The molecular weight excluding hydrogens is 332 g/mol. The third-order valence-corrected chi connectivity index (χ3v) is 4.76. The first-order valence-electron chi connectivity index (χ1n) is 7.40. The van der Waals surface area contributed by atoms with Gasteiger partial charge < -0.3 is 9.64 Å². The van der Waals surface area contributed by atoms with Crippen LogP contribution in [0.15, 0.2) is 17.1 Å². The minimum atomic E-state index is -0.353. The van der Waals surface area contributed by atoms with Crippen LogP contribution in [0.1, 0.15) is 29.8 Å². The number of benzene rings is 1. The highest BCUT2D eigenvalue weighted by atomic mass is 35.5. The Bertz CT molecular complexity index is 753. The molecule has 23 heavy (non-hydrogen) atoms. The Morgan fingerprint density at radius 3 is 2.70 bits per heavy atom. The van der Waals surface area contributed by atoms with Crippen molar-refractivity contribution in [2.75, 3.05) is 14.1 Å². The first-order chi connectivity index (χ1) is 10.9. The summed E-state index contributed by atoms with van der Waals surface area (Å²) in [6, 6.07) is 3.99. The standard InChI is InChI=1S/C16H19ClN4OS/c1-10-8-13(11(2)7-12(10)18-9-21(3)4)22-15-19-14(20-23-15)16(17)5-6-16/h7-9H,5-6H2,1-4H3. The summed E-state index contributed by atoms with van der Waals surface area (Å²) < 4.78 is 10.2. The fourth-order valence-electron chi connectivity index (χ4n) is 2.06. The summed E-state index contributed by atoms with van der Waals surface area (Å²) in [5, 5.41) is 0.527. The topological polar surface area (TPSA) is 50.6 Å². The highest BCUT2D eigenvalue weighted by Crippen LogP contribution is 2.51. The van der Waals surface area contributed by atoms with Crippen LogP contribution in [0.5, 0.6) is 10.9 Å². The molecule has 1 aliphatic rings. The lowest BCUT2D eigenvalue weighted by Gasteiger charge is -2.10. The number of aromatic nitrogens is 2. The van der Waals surface area contributed by atoms with Gasteiger partial charge in [-0.1, -0.05) is 0 Å². The lowest BCUT2D eigenvalue weighted by molar-refractivity contribution is 0.472. The Labute approximate surface area is 145 Å². The number of aryl methyl sites for hydroxylation is 2. The van der Waals surface area contributed by atoms with Crippen LogP contribution in [-0.2, 0) is 4.87 Å². The monoisotopic (exact) mass is 350 g/mol. The summed E-state index contributed by atoms with van der Waals surface area (Å²) in [7, 11) is 3.89. The highest BCUT2D eigenvalue weighted by molar-refractivity contribution is 7.07. The van der Waals surface area contributed by atoms with Gasteiger partial charge in [-0.05, 0) is 49.9 Å². The SMILES string of the molecule is Cc1cc(Oc2nc(C3(Cl)CC3)ns2)c(C)cc1N=CN(C)C. The molecule has 7 heteroatoms. The number of nitrogens with zero attached hydrogens (tertiary/aromatic N) is 4. The van der Waals surface area contributed by atoms with E-state index in [-0.39, 0.29) is 4.87 Å². The Hall–Kier alpha value is -1.66. The van der Waals surface area contributed by atoms with E-state index < -0.39 is 0 Å². The second-order valence-corrected chi connectivity index (χ2v) is 7.50. The van der Waals surface area contributed by atoms with Gasteiger partial charge in [0.15, 0.2) is 5.82 Å². The van der Waals surface area contributed by atoms with Crippen LogP contribution in [0.25, 0.3) is 0 Å². The van der Waals surface area contributed by atoms with Crippen LogP contribution in [0.3, 0.4) is 0 Å². The molecule has 1 heterocycles. The minimum absolute atomic E-state index is 0.353. The molecule has 5 nitrogen and oxygen atoms in total. The predicted molar refractivity (Wildman–Crippen MR) is 94.5 cm³/mol. The van der Waals surface area contributed by atoms with Gasteiger partial charge in [0.05, 0.1) is 12.0 Å². The molecule has 3 rings (SSSR count). The maximum absolute atomic E-state index is 6.33. The van der Waals surface area contributed by atoms with Gasteiger partial charge in [0.1, 0.15) is 10.6 Å². The van der Waals surface area contributed by atoms with Gasteiger partial charge in [-0.15, -0.1) is 11.6 Å². The van der Waals surface area contributed by atoms with E-state index >= 15 is 0 Å². The summed E-state index contributed by atoms with van der Waals surface area (Å²) in [6.07, 6.45) is 3.65. The largest absolute Gasteiger partial charge is 0.430 e. The normalized spacial score (nSPS) is 15.9. The van der Waals surface area contributed by atoms with Crippen LogP contribution in [0, 0.1) is 13.8 Å². The number of hydrogen-bond donors (Lipinski definition) is 0. The van der Waals surface area contributed by atoms with Crippen LogP contribution in [0.2, 0.25) is 0 Å². The average molecular weight is 351 g/mol. The van der Waals surface area contributed by atoms with E-state index in [1.165, 1.54) is 11.5 Å². The summed E-state index contributed by atoms with van der Waals surface area (Å²) in [5.41, 5.74) is 2.98. The van der Waals surface area contributed by atoms with E-state index in [4.69, 9.17) is 16.3 Å². The second-order valence-electron chi connectivity index (χ2n) is 6.06. The summed E-state index contributed by atoms with van der Waals surface area (Å²) in [5.74, 6) is 1.45. The van der Waals surface area contributed by atoms with Gasteiger partial charge in [-0.2, -0.15) is 9.36 Å². The lowest BCUT2D eigenvalue weighted by Crippen LogP contribution is -2.07. The Balaban J connectivity index is 1.80. The fraction of sp³-hybridized carbons (Fsp3) is 0.438. The third-order valence-electron chi connectivity index (χ3n) is 3.62. The van der Waals surface area contributed by atoms with E-state index in [0.717, 1.165) is 35.4 Å². The number of hydrogen-bond acceptors (Lipinski definition) is 5. The fourth-order valence-corrected chi connectivity index (χ4v) is 2.93. The molecule has 2 aromatic rings. The van der Waals surface area contributed by atoms with Crippen LogP contribution < -0.4 is 4.74 Å². The zero-order valence-electron chi connectivity index (χ0n) is 13.6. The first kappa shape index (κ1) is 16.2. The molecule has 1 aromatic carbocycles. The van der Waals surface area contributed by atoms with Gasteiger partial charge >= 0.3 is 0 Å². The maximum atomic E-state index is 6.33. The van der Waals surface area contributed by atoms with Crippen LogP contribution in [0.4, 0.5) is 5.69 Å². The molecule has 0 unspecified atom stereocenters. The summed E-state index contributed by atoms with van der Waals surface area (Å²) in [6.45, 7) is 4.01. The Kier molecular flexibility index (Phi) is 4.29. The zero-order valence-corrected chi connectivity index (χ0v) is 15.2. The highest BCUT2D eigenvalue weighted by Gasteiger charge is 2.46. The van der Waals surface area contributed by atoms with Crippen LogP contribution >= 0.6 is 23.1 Å². The molecule has 1 aliphatic carbocycles. The molecule has 0 amide bonds. The molecule has 0 radical (unpaired) electrons. The first-order valence-corrected chi connectivity index (χ1v) is 8.55. The number of rotatable bonds is 5. The smallest absolute Gasteiger partial charge is 0.298 e. The van der Waals surface area contributed by atoms with Crippen molar-refractivity contribution in [3.8, 4) is 10.9 Å². The van der Waals surface area contributed by atoms with Crippen molar-refractivity contribution >= 4 is 35.2 Å². The number of aliphatic imine (C=N–C) groups is 1. The number of halogens is 1. The summed E-state index contributed by atoms with van der Waals surface area (Å²) >= 11 is 7.57. The molecule has 1 saturated carbocycles. The van der Waals surface area contributed by atoms with Gasteiger partial charge in [0, 0.05) is 25.6 Å². The molecule has 0 aliphatic heterocycles. The van der Waals surface area contributed by atoms with Crippen molar-refractivity contribution in [3.05, 3.63) is 29.1 Å². The average Bonchev–Trinajstić information content (AvgIpc) is 3.06. The third kappa shape index (κ3) is 3.64. The van der Waals surface area contributed by atoms with Gasteiger partial charge in [-0.3, -0.25) is 0 Å². The maximum Gasteiger partial charge on any atom is 0.298 e. The lowest BCUT2D eigenvalue weighted by atomic mass is 10.1. The summed E-state index contributed by atoms with van der Waals surface area (Å²) in [4.78, 5) is 10.4. The molecule has 1 fully saturated rings. The van der Waals surface area contributed by atoms with E-state index in [0.29, 0.717) is 11.0 Å². The van der Waals surface area contributed by atoms with Gasteiger partial charge in [0.2, 0.25) is 0 Å². The number of ether oxygens (including phenoxy) is 1. The number of alkyl halides is 1. The Morgan fingerprint density at radius 2 is 2.04 bits per heavy atom. The molecule has 0 atom stereocenters. The van der Waals surface area contributed by atoms with Gasteiger partial charge in [-0.25, -0.2) is 4.99 Å². The zero-order chi connectivity index (χ0) is 16.6. The van der Waals surface area contributed by atoms with Crippen molar-refractivity contribution in [2.45, 2.75) is 31.6 Å². The van der Waals surface area contributed by atoms with E-state index in [9.17, 15) is 0 Å². The van der Waals surface area contributed by atoms with Crippen LogP contribution in [-0.4, -0.2) is 34.7 Å². The molecule has 0 spiro atoms. The Morgan fingerprint density at radius 1 is 1.30 bits per heavy atom. The van der Waals surface area contributed by atoms with Crippen molar-refractivity contribution in [3.63, 3.8) is 0 Å². The van der Waals surface area contributed by atoms with Crippen molar-refractivity contribution in [1.82, 2.24) is 14.3 Å². The van der Waals surface area contributed by atoms with E-state index in [1.807, 2.05) is 45.0 Å². The second kappa shape index (κ2) is 6.09. The molecule has 0 bridgehead atoms. The molecule has 0 N–H and O–H groups in total. The van der Waals surface area contributed by atoms with Crippen molar-refractivity contribution in [1.29, 1.82) is 0 Å². The van der Waals surface area contributed by atoms with Crippen molar-refractivity contribution in [2.24, 2.45) is 4.99 Å². The molecule has 122 valence electrons. The minimum Gasteiger partial charge on any atom is -0.430 e. The van der Waals surface area contributed by atoms with E-state index in [1.54, 1.807) is 6.34 Å². The molecule has 0 saturated heterocycles.